The van der Waals surface area contributed by atoms with Crippen molar-refractivity contribution in [2.45, 2.75) is 44.9 Å². The zero-order chi connectivity index (χ0) is 29.5. The summed E-state index contributed by atoms with van der Waals surface area (Å²) in [6, 6.07) is 11.9. The fourth-order valence-corrected chi connectivity index (χ4v) is 5.47. The molecule has 9 nitrogen and oxygen atoms in total. The number of halogens is 3. The van der Waals surface area contributed by atoms with E-state index in [-0.39, 0.29) is 0 Å². The highest BCUT2D eigenvalue weighted by Gasteiger charge is 2.48. The summed E-state index contributed by atoms with van der Waals surface area (Å²) in [7, 11) is 1.07. The van der Waals surface area contributed by atoms with Crippen molar-refractivity contribution in [2.24, 2.45) is 0 Å². The van der Waals surface area contributed by atoms with E-state index in [1.807, 2.05) is 49.4 Å². The van der Waals surface area contributed by atoms with Gasteiger partial charge in [-0.05, 0) is 54.5 Å². The Balaban J connectivity index is 1.74. The summed E-state index contributed by atoms with van der Waals surface area (Å²) < 4.78 is 58.2. The van der Waals surface area contributed by atoms with Crippen LogP contribution in [0.4, 0.5) is 18.0 Å². The van der Waals surface area contributed by atoms with Gasteiger partial charge in [0, 0.05) is 12.3 Å². The molecule has 5 rings (SSSR count). The summed E-state index contributed by atoms with van der Waals surface area (Å²) in [4.78, 5) is 38.7. The lowest BCUT2D eigenvalue weighted by Crippen LogP contribution is -2.60. The number of benzene rings is 2. The molecule has 0 spiro atoms. The van der Waals surface area contributed by atoms with Crippen molar-refractivity contribution in [2.75, 3.05) is 25.6 Å². The summed E-state index contributed by atoms with van der Waals surface area (Å²) in [5.74, 6) is -1.60. The molecule has 1 aliphatic heterocycles. The third-order valence-electron chi connectivity index (χ3n) is 7.56. The van der Waals surface area contributed by atoms with E-state index >= 15 is 0 Å². The first-order valence-corrected chi connectivity index (χ1v) is 12.9. The number of carbonyl (C=O) groups excluding carboxylic acids is 2. The first-order valence-electron chi connectivity index (χ1n) is 12.9. The average Bonchev–Trinajstić information content (AvgIpc) is 3.11. The number of amides is 1. The van der Waals surface area contributed by atoms with Crippen molar-refractivity contribution >= 4 is 12.1 Å². The topological polar surface area (TPSA) is 90.3 Å². The van der Waals surface area contributed by atoms with Crippen LogP contribution < -0.4 is 15.2 Å². The Hall–Kier alpha value is -4.48. The van der Waals surface area contributed by atoms with Gasteiger partial charge < -0.3 is 19.1 Å². The number of ether oxygens (including phenoxy) is 3. The average molecular weight is 572 g/mol. The largest absolute Gasteiger partial charge is 0.510 e. The van der Waals surface area contributed by atoms with Gasteiger partial charge in [0.15, 0.2) is 5.69 Å². The summed E-state index contributed by atoms with van der Waals surface area (Å²) in [5.41, 5.74) is 3.59. The van der Waals surface area contributed by atoms with Crippen molar-refractivity contribution in [3.05, 3.63) is 98.5 Å². The van der Waals surface area contributed by atoms with E-state index in [2.05, 4.69) is 4.74 Å². The van der Waals surface area contributed by atoms with Crippen LogP contribution in [0.2, 0.25) is 0 Å². The summed E-state index contributed by atoms with van der Waals surface area (Å²) in [6.07, 6.45) is -3.06. The molecular formula is C29H28F3N3O6. The van der Waals surface area contributed by atoms with Gasteiger partial charge in [0.05, 0.1) is 13.2 Å². The Bertz CT molecular complexity index is 1550. The molecule has 2 aromatic carbocycles. The van der Waals surface area contributed by atoms with Gasteiger partial charge in [-0.25, -0.2) is 4.79 Å². The SMILES string of the molecule is COC(=O)OCOc1c2n(ccc1=O)N([C@@H]1c3ccccc3CCc3cccc(C)c31)CN([C@H](C)C(F)(F)F)C2=O. The lowest BCUT2D eigenvalue weighted by Gasteiger charge is -2.46. The van der Waals surface area contributed by atoms with E-state index in [9.17, 15) is 27.6 Å². The van der Waals surface area contributed by atoms with E-state index in [0.717, 1.165) is 60.8 Å². The van der Waals surface area contributed by atoms with Gasteiger partial charge >= 0.3 is 12.3 Å². The smallest absolute Gasteiger partial charge is 0.451 e. The fourth-order valence-electron chi connectivity index (χ4n) is 5.47. The number of rotatable bonds is 5. The van der Waals surface area contributed by atoms with Crippen molar-refractivity contribution in [1.82, 2.24) is 9.58 Å². The molecule has 0 N–H and O–H groups in total. The van der Waals surface area contributed by atoms with Crippen molar-refractivity contribution < 1.29 is 37.0 Å². The Morgan fingerprint density at radius 1 is 1.05 bits per heavy atom. The third kappa shape index (κ3) is 5.09. The van der Waals surface area contributed by atoms with Crippen LogP contribution in [0.3, 0.4) is 0 Å². The third-order valence-corrected chi connectivity index (χ3v) is 7.56. The molecule has 1 aliphatic carbocycles. The molecule has 2 aliphatic rings. The number of alkyl halides is 3. The van der Waals surface area contributed by atoms with E-state index in [4.69, 9.17) is 9.47 Å². The molecule has 41 heavy (non-hydrogen) atoms. The molecule has 12 heteroatoms. The number of fused-ring (bicyclic) bond motifs is 3. The maximum atomic E-state index is 14.1. The van der Waals surface area contributed by atoms with Gasteiger partial charge in [-0.2, -0.15) is 13.2 Å². The minimum Gasteiger partial charge on any atom is -0.451 e. The Kier molecular flexibility index (Phi) is 7.41. The van der Waals surface area contributed by atoms with Crippen LogP contribution >= 0.6 is 0 Å². The van der Waals surface area contributed by atoms with Gasteiger partial charge in [0.1, 0.15) is 12.7 Å². The number of aromatic nitrogens is 1. The Morgan fingerprint density at radius 3 is 2.49 bits per heavy atom. The number of aryl methyl sites for hydroxylation is 3. The number of nitrogens with zero attached hydrogens (tertiary/aromatic N) is 3. The normalized spacial score (nSPS) is 17.1. The lowest BCUT2D eigenvalue weighted by atomic mass is 9.90. The van der Waals surface area contributed by atoms with Crippen LogP contribution in [0.1, 0.15) is 51.3 Å². The standard InChI is InChI=1S/C29H28F3N3O6/c1-17-7-6-9-20-12-11-19-8-4-5-10-21(19)24(23(17)20)35-15-33(18(2)29(30,31)32)27(37)25-26(22(36)13-14-34(25)35)40-16-41-28(38)39-3/h4-10,13-14,18,24H,11-12,15-16H2,1-3H3/t18-,24-/m1/s1. The molecule has 0 saturated carbocycles. The number of hydrogen-bond acceptors (Lipinski definition) is 7. The molecule has 0 radical (unpaired) electrons. The first kappa shape index (κ1) is 28.1. The van der Waals surface area contributed by atoms with E-state index in [1.54, 1.807) is 5.01 Å². The minimum atomic E-state index is -4.75. The van der Waals surface area contributed by atoms with Crippen molar-refractivity contribution in [3.63, 3.8) is 0 Å². The molecule has 0 unspecified atom stereocenters. The highest BCUT2D eigenvalue weighted by molar-refractivity contribution is 5.96. The fraction of sp³-hybridized carbons (Fsp3) is 0.345. The van der Waals surface area contributed by atoms with Crippen LogP contribution in [0, 0.1) is 6.92 Å². The Morgan fingerprint density at radius 2 is 1.76 bits per heavy atom. The zero-order valence-electron chi connectivity index (χ0n) is 22.6. The number of pyridine rings is 1. The predicted octanol–water partition coefficient (Wildman–Crippen LogP) is 4.47. The molecular weight excluding hydrogens is 543 g/mol. The molecule has 3 aromatic rings. The van der Waals surface area contributed by atoms with Crippen molar-refractivity contribution in [1.29, 1.82) is 0 Å². The van der Waals surface area contributed by atoms with E-state index < -0.39 is 60.7 Å². The van der Waals surface area contributed by atoms with Crippen molar-refractivity contribution in [3.8, 4) is 5.75 Å². The lowest BCUT2D eigenvalue weighted by molar-refractivity contribution is -0.173. The molecule has 0 saturated heterocycles. The second-order valence-corrected chi connectivity index (χ2v) is 9.89. The van der Waals surface area contributed by atoms with Crippen LogP contribution in [0.25, 0.3) is 0 Å². The second kappa shape index (κ2) is 10.8. The molecule has 2 heterocycles. The summed E-state index contributed by atoms with van der Waals surface area (Å²) in [5, 5.41) is 1.64. The summed E-state index contributed by atoms with van der Waals surface area (Å²) >= 11 is 0. The van der Waals surface area contributed by atoms with Gasteiger partial charge in [0.2, 0.25) is 18.0 Å². The van der Waals surface area contributed by atoms with E-state index in [1.165, 1.54) is 10.9 Å². The van der Waals surface area contributed by atoms with Gasteiger partial charge in [-0.1, -0.05) is 42.5 Å². The predicted molar refractivity (Wildman–Crippen MR) is 141 cm³/mol. The summed E-state index contributed by atoms with van der Waals surface area (Å²) in [6.45, 7) is 1.61. The van der Waals surface area contributed by atoms with Gasteiger partial charge in [0.25, 0.3) is 5.91 Å². The highest BCUT2D eigenvalue weighted by Crippen LogP contribution is 2.40. The van der Waals surface area contributed by atoms with E-state index in [0.29, 0.717) is 4.90 Å². The molecule has 0 bridgehead atoms. The number of methoxy groups -OCH3 is 1. The monoisotopic (exact) mass is 571 g/mol. The minimum absolute atomic E-state index is 0.412. The maximum absolute atomic E-state index is 14.1. The van der Waals surface area contributed by atoms with Gasteiger partial charge in [-0.3, -0.25) is 19.3 Å². The molecule has 216 valence electrons. The quantitative estimate of drug-likeness (QED) is 0.330. The highest BCUT2D eigenvalue weighted by atomic mass is 19.4. The van der Waals surface area contributed by atoms with Crippen LogP contribution in [0.15, 0.2) is 59.5 Å². The number of hydrogen-bond donors (Lipinski definition) is 0. The van der Waals surface area contributed by atoms with Crippen LogP contribution in [0.5, 0.6) is 5.75 Å². The molecule has 0 fully saturated rings. The molecule has 1 aromatic heterocycles. The Labute approximate surface area is 233 Å². The zero-order valence-corrected chi connectivity index (χ0v) is 22.6. The van der Waals surface area contributed by atoms with Gasteiger partial charge in [-0.15, -0.1) is 0 Å². The van der Waals surface area contributed by atoms with Crippen LogP contribution in [-0.2, 0) is 22.3 Å². The molecule has 1 amide bonds. The van der Waals surface area contributed by atoms with Crippen LogP contribution in [-0.4, -0.2) is 54.4 Å². The number of carbonyl (C=O) groups is 2. The maximum Gasteiger partial charge on any atom is 0.510 e. The second-order valence-electron chi connectivity index (χ2n) is 9.89. The molecule has 2 atom stereocenters. The first-order chi connectivity index (χ1) is 19.5.